The molecule has 0 heterocycles. The van der Waals surface area contributed by atoms with E-state index in [9.17, 15) is 18.3 Å². The maximum Gasteiger partial charge on any atom is 0.401 e. The van der Waals surface area contributed by atoms with Crippen LogP contribution in [0.2, 0.25) is 0 Å². The van der Waals surface area contributed by atoms with Gasteiger partial charge in [0.1, 0.15) is 23.4 Å². The molecule has 0 spiro atoms. The van der Waals surface area contributed by atoms with E-state index in [4.69, 9.17) is 22.7 Å². The summed E-state index contributed by atoms with van der Waals surface area (Å²) in [7, 11) is 1.29. The number of hydrogen-bond donors (Lipinski definition) is 2. The molecule has 0 aromatic heterocycles. The van der Waals surface area contributed by atoms with Crippen LogP contribution in [0.1, 0.15) is 5.56 Å². The first-order chi connectivity index (χ1) is 9.67. The van der Waals surface area contributed by atoms with Crippen molar-refractivity contribution in [2.45, 2.75) is 12.3 Å². The zero-order chi connectivity index (χ0) is 16.0. The highest BCUT2D eigenvalue weighted by Gasteiger charge is 2.29. The van der Waals surface area contributed by atoms with E-state index in [-0.39, 0.29) is 18.1 Å². The summed E-state index contributed by atoms with van der Waals surface area (Å²) in [5.74, 6) is 0.479. The van der Waals surface area contributed by atoms with Crippen LogP contribution in [0.25, 0.3) is 0 Å². The number of nitrogens with zero attached hydrogens (tertiary/aromatic N) is 1. The van der Waals surface area contributed by atoms with Crippen molar-refractivity contribution in [2.75, 3.05) is 26.7 Å². The molecule has 8 heteroatoms. The van der Waals surface area contributed by atoms with Crippen molar-refractivity contribution in [1.82, 2.24) is 4.90 Å². The highest BCUT2D eigenvalue weighted by Crippen LogP contribution is 2.16. The molecule has 4 nitrogen and oxygen atoms in total. The number of aliphatic hydroxyl groups excluding tert-OH is 1. The van der Waals surface area contributed by atoms with E-state index >= 15 is 0 Å². The lowest BCUT2D eigenvalue weighted by molar-refractivity contribution is -0.145. The first kappa shape index (κ1) is 17.7. The SMILES string of the molecule is CN(CC(O)COc1ccc(C(N)=S)cc1)CC(F)(F)F. The van der Waals surface area contributed by atoms with Crippen molar-refractivity contribution < 1.29 is 23.0 Å². The number of nitrogens with two attached hydrogens (primary N) is 1. The van der Waals surface area contributed by atoms with Crippen LogP contribution in [0, 0.1) is 0 Å². The first-order valence-electron chi connectivity index (χ1n) is 6.13. The van der Waals surface area contributed by atoms with Gasteiger partial charge < -0.3 is 15.6 Å². The molecule has 1 unspecified atom stereocenters. The molecular weight excluding hydrogens is 305 g/mol. The highest BCUT2D eigenvalue weighted by molar-refractivity contribution is 7.80. The second kappa shape index (κ2) is 7.58. The summed E-state index contributed by atoms with van der Waals surface area (Å²) in [6.07, 6.45) is -5.31. The summed E-state index contributed by atoms with van der Waals surface area (Å²) in [6, 6.07) is 6.58. The lowest BCUT2D eigenvalue weighted by Gasteiger charge is -2.21. The molecule has 0 saturated heterocycles. The second-order valence-corrected chi connectivity index (χ2v) is 5.11. The monoisotopic (exact) mass is 322 g/mol. The van der Waals surface area contributed by atoms with Crippen LogP contribution in [-0.2, 0) is 0 Å². The number of thiocarbonyl (C=S) groups is 1. The Morgan fingerprint density at radius 1 is 1.38 bits per heavy atom. The molecule has 21 heavy (non-hydrogen) atoms. The van der Waals surface area contributed by atoms with Gasteiger partial charge in [-0.3, -0.25) is 4.90 Å². The Labute approximate surface area is 126 Å². The standard InChI is InChI=1S/C13H17F3N2O2S/c1-18(8-13(14,15)16)6-10(19)7-20-11-4-2-9(3-5-11)12(17)21/h2-5,10,19H,6-8H2,1H3,(H2,17,21). The molecule has 1 rings (SSSR count). The Balaban J connectivity index is 2.39. The maximum absolute atomic E-state index is 12.1. The molecule has 1 atom stereocenters. The molecule has 118 valence electrons. The lowest BCUT2D eigenvalue weighted by Crippen LogP contribution is -2.38. The molecule has 3 N–H and O–H groups in total. The second-order valence-electron chi connectivity index (χ2n) is 4.67. The molecule has 0 bridgehead atoms. The van der Waals surface area contributed by atoms with Crippen molar-refractivity contribution in [3.05, 3.63) is 29.8 Å². The minimum absolute atomic E-state index is 0.103. The third-order valence-electron chi connectivity index (χ3n) is 2.55. The number of alkyl halides is 3. The fourth-order valence-electron chi connectivity index (χ4n) is 1.69. The topological polar surface area (TPSA) is 58.7 Å². The van der Waals surface area contributed by atoms with E-state index in [1.807, 2.05) is 0 Å². The molecule has 0 aliphatic rings. The van der Waals surface area contributed by atoms with Gasteiger partial charge in [0.2, 0.25) is 0 Å². The fourth-order valence-corrected chi connectivity index (χ4v) is 1.83. The quantitative estimate of drug-likeness (QED) is 0.746. The number of halogens is 3. The largest absolute Gasteiger partial charge is 0.491 e. The van der Waals surface area contributed by atoms with Gasteiger partial charge in [0.25, 0.3) is 0 Å². The van der Waals surface area contributed by atoms with Gasteiger partial charge in [-0.2, -0.15) is 13.2 Å². The molecule has 0 aliphatic carbocycles. The minimum Gasteiger partial charge on any atom is -0.491 e. The Bertz CT molecular complexity index is 465. The van der Waals surface area contributed by atoms with Gasteiger partial charge in [0, 0.05) is 12.1 Å². The molecular formula is C13H17F3N2O2S. The molecule has 0 saturated carbocycles. The fraction of sp³-hybridized carbons (Fsp3) is 0.462. The maximum atomic E-state index is 12.1. The van der Waals surface area contributed by atoms with E-state index in [0.717, 1.165) is 4.90 Å². The van der Waals surface area contributed by atoms with Crippen LogP contribution in [0.3, 0.4) is 0 Å². The third-order valence-corrected chi connectivity index (χ3v) is 2.79. The smallest absolute Gasteiger partial charge is 0.401 e. The summed E-state index contributed by atoms with van der Waals surface area (Å²) in [4.78, 5) is 1.25. The Morgan fingerprint density at radius 3 is 2.43 bits per heavy atom. The predicted octanol–water partition coefficient (Wildman–Crippen LogP) is 1.55. The Hall–Kier alpha value is -1.38. The highest BCUT2D eigenvalue weighted by atomic mass is 32.1. The number of hydrogen-bond acceptors (Lipinski definition) is 4. The van der Waals surface area contributed by atoms with E-state index in [1.54, 1.807) is 24.3 Å². The molecule has 1 aromatic carbocycles. The average Bonchev–Trinajstić information content (AvgIpc) is 2.34. The lowest BCUT2D eigenvalue weighted by atomic mass is 10.2. The number of benzene rings is 1. The summed E-state index contributed by atoms with van der Waals surface area (Å²) in [5.41, 5.74) is 6.13. The van der Waals surface area contributed by atoms with Crippen molar-refractivity contribution in [2.24, 2.45) is 5.73 Å². The molecule has 0 amide bonds. The van der Waals surface area contributed by atoms with Gasteiger partial charge in [0.05, 0.1) is 6.54 Å². The van der Waals surface area contributed by atoms with Crippen LogP contribution in [0.15, 0.2) is 24.3 Å². The average molecular weight is 322 g/mol. The molecule has 1 aromatic rings. The van der Waals surface area contributed by atoms with Gasteiger partial charge >= 0.3 is 6.18 Å². The van der Waals surface area contributed by atoms with Crippen LogP contribution >= 0.6 is 12.2 Å². The summed E-state index contributed by atoms with van der Waals surface area (Å²) in [6.45, 7) is -1.31. The molecule has 0 fully saturated rings. The number of rotatable bonds is 7. The van der Waals surface area contributed by atoms with Crippen LogP contribution < -0.4 is 10.5 Å². The zero-order valence-electron chi connectivity index (χ0n) is 11.4. The van der Waals surface area contributed by atoms with Crippen LogP contribution in [0.5, 0.6) is 5.75 Å². The van der Waals surface area contributed by atoms with E-state index in [0.29, 0.717) is 11.3 Å². The Morgan fingerprint density at radius 2 is 1.95 bits per heavy atom. The number of aliphatic hydroxyl groups is 1. The van der Waals surface area contributed by atoms with E-state index in [1.165, 1.54) is 7.05 Å². The van der Waals surface area contributed by atoms with Gasteiger partial charge in [-0.15, -0.1) is 0 Å². The predicted molar refractivity (Wildman–Crippen MR) is 77.4 cm³/mol. The van der Waals surface area contributed by atoms with Gasteiger partial charge in [-0.25, -0.2) is 0 Å². The van der Waals surface area contributed by atoms with Gasteiger partial charge in [-0.1, -0.05) is 12.2 Å². The Kier molecular flexibility index (Phi) is 6.38. The van der Waals surface area contributed by atoms with Crippen molar-refractivity contribution in [1.29, 1.82) is 0 Å². The van der Waals surface area contributed by atoms with Gasteiger partial charge in [0.15, 0.2) is 0 Å². The summed E-state index contributed by atoms with van der Waals surface area (Å²) >= 11 is 4.80. The normalized spacial score (nSPS) is 13.2. The van der Waals surface area contributed by atoms with Crippen LogP contribution in [-0.4, -0.2) is 54.0 Å². The molecule has 0 aliphatic heterocycles. The zero-order valence-corrected chi connectivity index (χ0v) is 12.2. The minimum atomic E-state index is -4.29. The van der Waals surface area contributed by atoms with Gasteiger partial charge in [-0.05, 0) is 31.3 Å². The number of ether oxygens (including phenoxy) is 1. The summed E-state index contributed by atoms with van der Waals surface area (Å²) in [5, 5.41) is 9.65. The van der Waals surface area contributed by atoms with Crippen molar-refractivity contribution >= 4 is 17.2 Å². The molecule has 0 radical (unpaired) electrons. The number of likely N-dealkylation sites (N-methyl/N-ethyl adjacent to an activating group) is 1. The van der Waals surface area contributed by atoms with E-state index in [2.05, 4.69) is 0 Å². The van der Waals surface area contributed by atoms with Crippen molar-refractivity contribution in [3.63, 3.8) is 0 Å². The summed E-state index contributed by atoms with van der Waals surface area (Å²) < 4.78 is 41.7. The first-order valence-corrected chi connectivity index (χ1v) is 6.54. The van der Waals surface area contributed by atoms with Crippen LogP contribution in [0.4, 0.5) is 13.2 Å². The van der Waals surface area contributed by atoms with Crippen molar-refractivity contribution in [3.8, 4) is 5.75 Å². The third kappa shape index (κ3) is 7.26. The van der Waals surface area contributed by atoms with E-state index < -0.39 is 18.8 Å².